The van der Waals surface area contributed by atoms with Crippen molar-refractivity contribution < 1.29 is 19.4 Å². The molecule has 4 N–H and O–H groups in total. The summed E-state index contributed by atoms with van der Waals surface area (Å²) in [6, 6.07) is 6.17. The molecule has 1 amide bonds. The van der Waals surface area contributed by atoms with Crippen molar-refractivity contribution in [1.82, 2.24) is 0 Å². The van der Waals surface area contributed by atoms with E-state index >= 15 is 0 Å². The lowest BCUT2D eigenvalue weighted by atomic mass is 9.79. The maximum atomic E-state index is 12.4. The van der Waals surface area contributed by atoms with Crippen LogP contribution in [0.3, 0.4) is 0 Å². The van der Waals surface area contributed by atoms with E-state index in [1.54, 1.807) is 12.1 Å². The summed E-state index contributed by atoms with van der Waals surface area (Å²) in [5.74, 6) is -1.20. The van der Waals surface area contributed by atoms with E-state index < -0.39 is 11.4 Å². The van der Waals surface area contributed by atoms with Crippen LogP contribution in [0.2, 0.25) is 0 Å². The van der Waals surface area contributed by atoms with Crippen molar-refractivity contribution in [3.05, 3.63) is 29.8 Å². The molecule has 0 spiro atoms. The lowest BCUT2D eigenvalue weighted by molar-refractivity contribution is -0.130. The van der Waals surface area contributed by atoms with Crippen LogP contribution in [0, 0.1) is 5.41 Å². The molecule has 0 saturated carbocycles. The molecule has 1 saturated heterocycles. The first-order chi connectivity index (χ1) is 9.57. The largest absolute Gasteiger partial charge is 0.478 e. The summed E-state index contributed by atoms with van der Waals surface area (Å²) in [7, 11) is 0. The monoisotopic (exact) mass is 278 g/mol. The number of benzene rings is 1. The van der Waals surface area contributed by atoms with Crippen molar-refractivity contribution in [1.29, 1.82) is 0 Å². The highest BCUT2D eigenvalue weighted by atomic mass is 16.5. The van der Waals surface area contributed by atoms with Gasteiger partial charge in [-0.3, -0.25) is 4.79 Å². The van der Waals surface area contributed by atoms with E-state index in [1.165, 1.54) is 12.1 Å². The summed E-state index contributed by atoms with van der Waals surface area (Å²) in [5.41, 5.74) is 5.74. The second-order valence-corrected chi connectivity index (χ2v) is 4.94. The van der Waals surface area contributed by atoms with Crippen LogP contribution in [0.4, 0.5) is 5.69 Å². The predicted octanol–water partition coefficient (Wildman–Crippen LogP) is 1.08. The van der Waals surface area contributed by atoms with Gasteiger partial charge in [0.2, 0.25) is 5.91 Å². The predicted molar refractivity (Wildman–Crippen MR) is 73.6 cm³/mol. The topological polar surface area (TPSA) is 102 Å². The molecule has 108 valence electrons. The van der Waals surface area contributed by atoms with Crippen LogP contribution in [0.5, 0.6) is 0 Å². The number of carbonyl (C=O) groups excluding carboxylic acids is 1. The number of hydrogen-bond acceptors (Lipinski definition) is 4. The molecule has 1 heterocycles. The highest BCUT2D eigenvalue weighted by molar-refractivity contribution is 5.97. The fraction of sp³-hybridized carbons (Fsp3) is 0.429. The first kappa shape index (κ1) is 14.5. The van der Waals surface area contributed by atoms with E-state index in [4.69, 9.17) is 15.6 Å². The van der Waals surface area contributed by atoms with Crippen molar-refractivity contribution in [3.8, 4) is 0 Å². The summed E-state index contributed by atoms with van der Waals surface area (Å²) >= 11 is 0. The van der Waals surface area contributed by atoms with E-state index in [1.807, 2.05) is 0 Å². The van der Waals surface area contributed by atoms with Crippen molar-refractivity contribution in [3.63, 3.8) is 0 Å². The Balaban J connectivity index is 2.14. The number of carboxylic acids is 1. The first-order valence-corrected chi connectivity index (χ1v) is 6.50. The Kier molecular flexibility index (Phi) is 4.36. The normalized spacial score (nSPS) is 17.4. The van der Waals surface area contributed by atoms with E-state index in [9.17, 15) is 9.59 Å². The minimum Gasteiger partial charge on any atom is -0.478 e. The molecule has 0 aliphatic carbocycles. The molecule has 0 bridgehead atoms. The molecule has 0 aromatic heterocycles. The fourth-order valence-corrected chi connectivity index (χ4v) is 2.28. The number of aromatic carboxylic acids is 1. The van der Waals surface area contributed by atoms with Crippen LogP contribution < -0.4 is 11.1 Å². The number of ether oxygens (including phenoxy) is 1. The molecular weight excluding hydrogens is 260 g/mol. The molecule has 1 aromatic carbocycles. The zero-order chi connectivity index (χ0) is 14.6. The number of rotatable bonds is 4. The number of carbonyl (C=O) groups is 2. The average Bonchev–Trinajstić information content (AvgIpc) is 2.48. The van der Waals surface area contributed by atoms with E-state index in [-0.39, 0.29) is 18.0 Å². The van der Waals surface area contributed by atoms with Gasteiger partial charge in [-0.15, -0.1) is 0 Å². The Morgan fingerprint density at radius 3 is 2.65 bits per heavy atom. The average molecular weight is 278 g/mol. The summed E-state index contributed by atoms with van der Waals surface area (Å²) in [6.45, 7) is 1.28. The van der Waals surface area contributed by atoms with Crippen molar-refractivity contribution >= 4 is 17.6 Å². The number of amides is 1. The van der Waals surface area contributed by atoms with Gasteiger partial charge < -0.3 is 20.9 Å². The Bertz CT molecular complexity index is 510. The Hall–Kier alpha value is -1.92. The molecule has 6 heteroatoms. The van der Waals surface area contributed by atoms with Crippen LogP contribution in [-0.2, 0) is 9.53 Å². The van der Waals surface area contributed by atoms with Crippen molar-refractivity contribution in [2.45, 2.75) is 12.8 Å². The molecule has 1 fully saturated rings. The number of carboxylic acid groups (broad SMARTS) is 1. The second-order valence-electron chi connectivity index (χ2n) is 4.94. The van der Waals surface area contributed by atoms with Gasteiger partial charge in [0.25, 0.3) is 0 Å². The van der Waals surface area contributed by atoms with Gasteiger partial charge in [0.15, 0.2) is 0 Å². The zero-order valence-corrected chi connectivity index (χ0v) is 11.1. The minimum atomic E-state index is -1.03. The Labute approximate surface area is 116 Å². The van der Waals surface area contributed by atoms with E-state index in [0.717, 1.165) is 0 Å². The fourth-order valence-electron chi connectivity index (χ4n) is 2.28. The number of nitrogens with two attached hydrogens (primary N) is 1. The minimum absolute atomic E-state index is 0.136. The SMILES string of the molecule is NCC1(C(=O)Nc2cccc(C(=O)O)c2)CCOCC1. The van der Waals surface area contributed by atoms with Crippen LogP contribution in [-0.4, -0.2) is 36.7 Å². The van der Waals surface area contributed by atoms with Gasteiger partial charge in [-0.25, -0.2) is 4.79 Å². The molecule has 0 unspecified atom stereocenters. The summed E-state index contributed by atoms with van der Waals surface area (Å²) in [4.78, 5) is 23.3. The van der Waals surface area contributed by atoms with Gasteiger partial charge in [-0.1, -0.05) is 6.07 Å². The molecule has 1 aliphatic rings. The van der Waals surface area contributed by atoms with Crippen LogP contribution in [0.1, 0.15) is 23.2 Å². The molecule has 6 nitrogen and oxygen atoms in total. The maximum absolute atomic E-state index is 12.4. The third-order valence-electron chi connectivity index (χ3n) is 3.69. The second kappa shape index (κ2) is 6.02. The third kappa shape index (κ3) is 2.97. The smallest absolute Gasteiger partial charge is 0.335 e. The first-order valence-electron chi connectivity index (χ1n) is 6.50. The molecular formula is C14H18N2O4. The van der Waals surface area contributed by atoms with Gasteiger partial charge in [0.1, 0.15) is 0 Å². The Morgan fingerprint density at radius 1 is 1.35 bits per heavy atom. The lowest BCUT2D eigenvalue weighted by Crippen LogP contribution is -2.46. The standard InChI is InChI=1S/C14H18N2O4/c15-9-14(4-6-20-7-5-14)13(19)16-11-3-1-2-10(8-11)12(17)18/h1-3,8H,4-7,9,15H2,(H,16,19)(H,17,18). The van der Waals surface area contributed by atoms with Crippen LogP contribution in [0.25, 0.3) is 0 Å². The number of nitrogens with one attached hydrogen (secondary N) is 1. The molecule has 0 atom stereocenters. The lowest BCUT2D eigenvalue weighted by Gasteiger charge is -2.34. The molecule has 1 aliphatic heterocycles. The summed E-state index contributed by atoms with van der Waals surface area (Å²) < 4.78 is 5.26. The molecule has 0 radical (unpaired) electrons. The van der Waals surface area contributed by atoms with Crippen LogP contribution in [0.15, 0.2) is 24.3 Å². The van der Waals surface area contributed by atoms with E-state index in [2.05, 4.69) is 5.32 Å². The highest BCUT2D eigenvalue weighted by Gasteiger charge is 2.38. The molecule has 1 aromatic rings. The summed E-state index contributed by atoms with van der Waals surface area (Å²) in [6.07, 6.45) is 1.15. The third-order valence-corrected chi connectivity index (χ3v) is 3.69. The van der Waals surface area contributed by atoms with Gasteiger partial charge in [0, 0.05) is 25.4 Å². The van der Waals surface area contributed by atoms with Gasteiger partial charge in [-0.2, -0.15) is 0 Å². The van der Waals surface area contributed by atoms with Gasteiger partial charge in [-0.05, 0) is 31.0 Å². The van der Waals surface area contributed by atoms with E-state index in [0.29, 0.717) is 31.7 Å². The van der Waals surface area contributed by atoms with Crippen molar-refractivity contribution in [2.24, 2.45) is 11.1 Å². The molecule has 2 rings (SSSR count). The van der Waals surface area contributed by atoms with Gasteiger partial charge in [0.05, 0.1) is 11.0 Å². The highest BCUT2D eigenvalue weighted by Crippen LogP contribution is 2.31. The summed E-state index contributed by atoms with van der Waals surface area (Å²) in [5, 5.41) is 11.7. The molecule has 20 heavy (non-hydrogen) atoms. The van der Waals surface area contributed by atoms with Crippen molar-refractivity contribution in [2.75, 3.05) is 25.1 Å². The Morgan fingerprint density at radius 2 is 2.05 bits per heavy atom. The van der Waals surface area contributed by atoms with Gasteiger partial charge >= 0.3 is 5.97 Å². The zero-order valence-electron chi connectivity index (χ0n) is 11.1. The number of anilines is 1. The van der Waals surface area contributed by atoms with Crippen LogP contribution >= 0.6 is 0 Å². The number of hydrogen-bond donors (Lipinski definition) is 3. The maximum Gasteiger partial charge on any atom is 0.335 e. The quantitative estimate of drug-likeness (QED) is 0.765.